The summed E-state index contributed by atoms with van der Waals surface area (Å²) >= 11 is 5.90. The van der Waals surface area contributed by atoms with Crippen LogP contribution >= 0.6 is 11.6 Å². The Bertz CT molecular complexity index is 773. The molecule has 0 bridgehead atoms. The van der Waals surface area contributed by atoms with Gasteiger partial charge in [-0.3, -0.25) is 9.59 Å². The molecule has 0 radical (unpaired) electrons. The first-order valence-corrected chi connectivity index (χ1v) is 8.32. The van der Waals surface area contributed by atoms with E-state index < -0.39 is 0 Å². The lowest BCUT2D eigenvalue weighted by Crippen LogP contribution is -2.48. The Morgan fingerprint density at radius 3 is 2.44 bits per heavy atom. The molecule has 0 aliphatic carbocycles. The molecule has 0 spiro atoms. The van der Waals surface area contributed by atoms with E-state index >= 15 is 0 Å². The SMILES string of the molecule is CC(=O)N1CCN(c2ccc(C(=O)Nc3cccc(Cl)c3)nn2)CC1. The molecule has 1 fully saturated rings. The van der Waals surface area contributed by atoms with E-state index in [-0.39, 0.29) is 17.5 Å². The molecule has 25 heavy (non-hydrogen) atoms. The molecule has 3 rings (SSSR count). The van der Waals surface area contributed by atoms with Crippen LogP contribution in [0.3, 0.4) is 0 Å². The Hall–Kier alpha value is -2.67. The number of aromatic nitrogens is 2. The van der Waals surface area contributed by atoms with E-state index in [1.54, 1.807) is 48.2 Å². The molecule has 1 saturated heterocycles. The number of anilines is 2. The summed E-state index contributed by atoms with van der Waals surface area (Å²) in [7, 11) is 0. The summed E-state index contributed by atoms with van der Waals surface area (Å²) in [5, 5.41) is 11.4. The average molecular weight is 360 g/mol. The second-order valence-corrected chi connectivity index (χ2v) is 6.17. The Morgan fingerprint density at radius 2 is 1.84 bits per heavy atom. The molecule has 0 saturated carbocycles. The summed E-state index contributed by atoms with van der Waals surface area (Å²) in [4.78, 5) is 27.4. The van der Waals surface area contributed by atoms with Gasteiger partial charge in [0.25, 0.3) is 5.91 Å². The predicted molar refractivity (Wildman–Crippen MR) is 95.9 cm³/mol. The molecule has 130 valence electrons. The lowest BCUT2D eigenvalue weighted by Gasteiger charge is -2.34. The zero-order chi connectivity index (χ0) is 17.8. The Kier molecular flexibility index (Phi) is 5.14. The van der Waals surface area contributed by atoms with Crippen LogP contribution in [-0.2, 0) is 4.79 Å². The number of hydrogen-bond acceptors (Lipinski definition) is 5. The number of benzene rings is 1. The van der Waals surface area contributed by atoms with E-state index in [2.05, 4.69) is 15.5 Å². The van der Waals surface area contributed by atoms with Gasteiger partial charge in [-0.2, -0.15) is 0 Å². The van der Waals surface area contributed by atoms with Gasteiger partial charge in [-0.25, -0.2) is 0 Å². The van der Waals surface area contributed by atoms with Crippen molar-refractivity contribution >= 4 is 34.9 Å². The number of rotatable bonds is 3. The Balaban J connectivity index is 1.62. The van der Waals surface area contributed by atoms with Gasteiger partial charge in [0.15, 0.2) is 11.5 Å². The maximum Gasteiger partial charge on any atom is 0.276 e. The van der Waals surface area contributed by atoms with Crippen LogP contribution in [0.5, 0.6) is 0 Å². The van der Waals surface area contributed by atoms with Gasteiger partial charge in [0, 0.05) is 43.8 Å². The summed E-state index contributed by atoms with van der Waals surface area (Å²) in [6, 6.07) is 10.3. The van der Waals surface area contributed by atoms with Crippen LogP contribution in [0, 0.1) is 0 Å². The van der Waals surface area contributed by atoms with Gasteiger partial charge in [-0.15, -0.1) is 10.2 Å². The van der Waals surface area contributed by atoms with E-state index in [4.69, 9.17) is 11.6 Å². The normalized spacial score (nSPS) is 14.3. The van der Waals surface area contributed by atoms with Gasteiger partial charge in [0.05, 0.1) is 0 Å². The number of hydrogen-bond donors (Lipinski definition) is 1. The fraction of sp³-hybridized carbons (Fsp3) is 0.294. The molecule has 1 aromatic carbocycles. The van der Waals surface area contributed by atoms with E-state index in [0.29, 0.717) is 42.7 Å². The molecular weight excluding hydrogens is 342 g/mol. The summed E-state index contributed by atoms with van der Waals surface area (Å²) in [6.07, 6.45) is 0. The van der Waals surface area contributed by atoms with Crippen molar-refractivity contribution in [2.24, 2.45) is 0 Å². The summed E-state index contributed by atoms with van der Waals surface area (Å²) in [5.74, 6) is 0.434. The molecule has 0 unspecified atom stereocenters. The van der Waals surface area contributed by atoms with Crippen LogP contribution < -0.4 is 10.2 Å². The number of carbonyl (C=O) groups is 2. The minimum absolute atomic E-state index is 0.0822. The highest BCUT2D eigenvalue weighted by atomic mass is 35.5. The van der Waals surface area contributed by atoms with Crippen molar-refractivity contribution in [3.05, 3.63) is 47.1 Å². The number of halogens is 1. The second-order valence-electron chi connectivity index (χ2n) is 5.73. The number of carbonyl (C=O) groups excluding carboxylic acids is 2. The first-order valence-electron chi connectivity index (χ1n) is 7.94. The molecule has 2 heterocycles. The van der Waals surface area contributed by atoms with Crippen LogP contribution in [-0.4, -0.2) is 53.1 Å². The molecular formula is C17H18ClN5O2. The molecule has 0 atom stereocenters. The van der Waals surface area contributed by atoms with Crippen molar-refractivity contribution in [2.75, 3.05) is 36.4 Å². The fourth-order valence-corrected chi connectivity index (χ4v) is 2.82. The third-order valence-corrected chi connectivity index (χ3v) is 4.25. The van der Waals surface area contributed by atoms with Crippen molar-refractivity contribution < 1.29 is 9.59 Å². The smallest absolute Gasteiger partial charge is 0.276 e. The Labute approximate surface area is 150 Å². The predicted octanol–water partition coefficient (Wildman–Crippen LogP) is 2.05. The molecule has 1 aliphatic rings. The maximum atomic E-state index is 12.2. The van der Waals surface area contributed by atoms with Crippen LogP contribution in [0.1, 0.15) is 17.4 Å². The Morgan fingerprint density at radius 1 is 1.08 bits per heavy atom. The van der Waals surface area contributed by atoms with E-state index in [0.717, 1.165) is 0 Å². The second kappa shape index (κ2) is 7.48. The molecule has 1 aromatic heterocycles. The van der Waals surface area contributed by atoms with E-state index in [9.17, 15) is 9.59 Å². The van der Waals surface area contributed by atoms with Crippen LogP contribution in [0.25, 0.3) is 0 Å². The van der Waals surface area contributed by atoms with Crippen molar-refractivity contribution in [3.8, 4) is 0 Å². The maximum absolute atomic E-state index is 12.2. The quantitative estimate of drug-likeness (QED) is 0.907. The standard InChI is InChI=1S/C17H18ClN5O2/c1-12(24)22-7-9-23(10-8-22)16-6-5-15(20-21-16)17(25)19-14-4-2-3-13(18)11-14/h2-6,11H,7-10H2,1H3,(H,19,25). The largest absolute Gasteiger partial charge is 0.352 e. The van der Waals surface area contributed by atoms with Gasteiger partial charge in [-0.1, -0.05) is 17.7 Å². The first-order chi connectivity index (χ1) is 12.0. The van der Waals surface area contributed by atoms with Crippen molar-refractivity contribution in [1.82, 2.24) is 15.1 Å². The van der Waals surface area contributed by atoms with Crippen LogP contribution in [0.4, 0.5) is 11.5 Å². The highest BCUT2D eigenvalue weighted by Gasteiger charge is 2.20. The lowest BCUT2D eigenvalue weighted by atomic mass is 10.3. The fourth-order valence-electron chi connectivity index (χ4n) is 2.63. The number of nitrogens with one attached hydrogen (secondary N) is 1. The average Bonchev–Trinajstić information content (AvgIpc) is 2.62. The molecule has 1 N–H and O–H groups in total. The van der Waals surface area contributed by atoms with Crippen LogP contribution in [0.2, 0.25) is 5.02 Å². The van der Waals surface area contributed by atoms with Crippen molar-refractivity contribution in [2.45, 2.75) is 6.92 Å². The monoisotopic (exact) mass is 359 g/mol. The lowest BCUT2D eigenvalue weighted by molar-refractivity contribution is -0.129. The van der Waals surface area contributed by atoms with Gasteiger partial charge in [0.2, 0.25) is 5.91 Å². The van der Waals surface area contributed by atoms with Gasteiger partial charge >= 0.3 is 0 Å². The summed E-state index contributed by atoms with van der Waals surface area (Å²) in [5.41, 5.74) is 0.829. The summed E-state index contributed by atoms with van der Waals surface area (Å²) in [6.45, 7) is 4.29. The molecule has 8 heteroatoms. The molecule has 1 aliphatic heterocycles. The molecule has 7 nitrogen and oxygen atoms in total. The highest BCUT2D eigenvalue weighted by molar-refractivity contribution is 6.30. The van der Waals surface area contributed by atoms with Crippen LogP contribution in [0.15, 0.2) is 36.4 Å². The van der Waals surface area contributed by atoms with Crippen molar-refractivity contribution in [1.29, 1.82) is 0 Å². The zero-order valence-corrected chi connectivity index (χ0v) is 14.5. The van der Waals surface area contributed by atoms with E-state index in [1.165, 1.54) is 0 Å². The number of piperazine rings is 1. The summed E-state index contributed by atoms with van der Waals surface area (Å²) < 4.78 is 0. The van der Waals surface area contributed by atoms with Crippen molar-refractivity contribution in [3.63, 3.8) is 0 Å². The zero-order valence-electron chi connectivity index (χ0n) is 13.8. The topological polar surface area (TPSA) is 78.4 Å². The third-order valence-electron chi connectivity index (χ3n) is 4.01. The van der Waals surface area contributed by atoms with Gasteiger partial charge < -0.3 is 15.1 Å². The minimum Gasteiger partial charge on any atom is -0.352 e. The first kappa shape index (κ1) is 17.2. The van der Waals surface area contributed by atoms with Gasteiger partial charge in [0.1, 0.15) is 0 Å². The minimum atomic E-state index is -0.345. The number of amides is 2. The van der Waals surface area contributed by atoms with E-state index in [1.807, 2.05) is 4.90 Å². The molecule has 2 amide bonds. The molecule has 2 aromatic rings. The highest BCUT2D eigenvalue weighted by Crippen LogP contribution is 2.16. The third kappa shape index (κ3) is 4.24. The number of nitrogens with zero attached hydrogens (tertiary/aromatic N) is 4. The van der Waals surface area contributed by atoms with Gasteiger partial charge in [-0.05, 0) is 30.3 Å².